The highest BCUT2D eigenvalue weighted by molar-refractivity contribution is 5.87. The van der Waals surface area contributed by atoms with Gasteiger partial charge >= 0.3 is 5.97 Å². The van der Waals surface area contributed by atoms with Crippen LogP contribution in [0.4, 0.5) is 4.39 Å². The van der Waals surface area contributed by atoms with Crippen molar-refractivity contribution >= 4 is 11.9 Å². The van der Waals surface area contributed by atoms with Gasteiger partial charge in [0.15, 0.2) is 17.6 Å². The lowest BCUT2D eigenvalue weighted by molar-refractivity contribution is -0.142. The molecule has 1 heterocycles. The lowest BCUT2D eigenvalue weighted by atomic mass is 9.93. The standard InChI is InChI=1S/C18H22FNO5/c1-24-15-3-2-11(8-14(15)19)16(18(22)23)20-17(21)13-9-12(13)10-4-6-25-7-5-10/h2-3,8,10,12-13,16H,4-7,9H2,1H3,(H,20,21)(H,22,23)/t12-,13+,16?/m0/s1. The summed E-state index contributed by atoms with van der Waals surface area (Å²) >= 11 is 0. The van der Waals surface area contributed by atoms with Crippen LogP contribution in [0.25, 0.3) is 0 Å². The van der Waals surface area contributed by atoms with E-state index in [1.165, 1.54) is 19.2 Å². The van der Waals surface area contributed by atoms with E-state index in [1.807, 2.05) is 0 Å². The highest BCUT2D eigenvalue weighted by Gasteiger charge is 2.48. The van der Waals surface area contributed by atoms with Crippen molar-refractivity contribution in [2.24, 2.45) is 17.8 Å². The normalized spacial score (nSPS) is 24.4. The van der Waals surface area contributed by atoms with Crippen LogP contribution < -0.4 is 10.1 Å². The molecule has 0 aromatic heterocycles. The predicted octanol–water partition coefficient (Wildman–Crippen LogP) is 2.14. The third-order valence-corrected chi connectivity index (χ3v) is 5.09. The quantitative estimate of drug-likeness (QED) is 0.820. The molecule has 1 aromatic carbocycles. The van der Waals surface area contributed by atoms with Crippen molar-refractivity contribution in [1.29, 1.82) is 0 Å². The summed E-state index contributed by atoms with van der Waals surface area (Å²) in [4.78, 5) is 24.0. The summed E-state index contributed by atoms with van der Waals surface area (Å²) in [6.45, 7) is 1.44. The maximum Gasteiger partial charge on any atom is 0.330 e. The van der Waals surface area contributed by atoms with Gasteiger partial charge in [-0.25, -0.2) is 9.18 Å². The number of benzene rings is 1. The van der Waals surface area contributed by atoms with Crippen LogP contribution in [0.5, 0.6) is 5.75 Å². The molecule has 25 heavy (non-hydrogen) atoms. The van der Waals surface area contributed by atoms with Crippen molar-refractivity contribution in [3.05, 3.63) is 29.6 Å². The van der Waals surface area contributed by atoms with Crippen molar-refractivity contribution < 1.29 is 28.6 Å². The van der Waals surface area contributed by atoms with Crippen LogP contribution >= 0.6 is 0 Å². The van der Waals surface area contributed by atoms with Crippen LogP contribution in [0.2, 0.25) is 0 Å². The lowest BCUT2D eigenvalue weighted by Crippen LogP contribution is -2.35. The number of rotatable bonds is 6. The van der Waals surface area contributed by atoms with Crippen molar-refractivity contribution in [3.63, 3.8) is 0 Å². The summed E-state index contributed by atoms with van der Waals surface area (Å²) in [6, 6.07) is 2.61. The van der Waals surface area contributed by atoms with E-state index in [9.17, 15) is 19.1 Å². The minimum Gasteiger partial charge on any atom is -0.494 e. The van der Waals surface area contributed by atoms with E-state index >= 15 is 0 Å². The fourth-order valence-electron chi connectivity index (χ4n) is 3.58. The average Bonchev–Trinajstić information content (AvgIpc) is 3.41. The number of carboxylic acids is 1. The van der Waals surface area contributed by atoms with Crippen LogP contribution in [-0.4, -0.2) is 37.3 Å². The van der Waals surface area contributed by atoms with Crippen LogP contribution in [0.3, 0.4) is 0 Å². The molecular formula is C18H22FNO5. The van der Waals surface area contributed by atoms with Gasteiger partial charge in [-0.2, -0.15) is 0 Å². The number of methoxy groups -OCH3 is 1. The first-order valence-corrected chi connectivity index (χ1v) is 8.45. The van der Waals surface area contributed by atoms with Gasteiger partial charge in [-0.05, 0) is 48.8 Å². The van der Waals surface area contributed by atoms with Crippen LogP contribution in [-0.2, 0) is 14.3 Å². The van der Waals surface area contributed by atoms with E-state index in [2.05, 4.69) is 5.32 Å². The molecule has 6 nitrogen and oxygen atoms in total. The zero-order chi connectivity index (χ0) is 18.0. The average molecular weight is 351 g/mol. The third kappa shape index (κ3) is 3.92. The Morgan fingerprint density at radius 1 is 1.36 bits per heavy atom. The second-order valence-electron chi connectivity index (χ2n) is 6.63. The number of amides is 1. The number of hydrogen-bond acceptors (Lipinski definition) is 4. The van der Waals surface area contributed by atoms with Crippen LogP contribution in [0, 0.1) is 23.6 Å². The maximum absolute atomic E-state index is 13.8. The SMILES string of the molecule is COc1ccc(C(NC(=O)[C@@H]2C[C@H]2C2CCOCC2)C(=O)O)cc1F. The van der Waals surface area contributed by atoms with E-state index in [0.29, 0.717) is 11.8 Å². The Bertz CT molecular complexity index is 659. The summed E-state index contributed by atoms with van der Waals surface area (Å²) in [6.07, 6.45) is 2.67. The van der Waals surface area contributed by atoms with E-state index in [1.54, 1.807) is 0 Å². The van der Waals surface area contributed by atoms with Crippen molar-refractivity contribution in [2.45, 2.75) is 25.3 Å². The molecule has 0 spiro atoms. The largest absolute Gasteiger partial charge is 0.494 e. The number of carbonyl (C=O) groups is 2. The van der Waals surface area contributed by atoms with Gasteiger partial charge in [0.25, 0.3) is 0 Å². The van der Waals surface area contributed by atoms with Crippen LogP contribution in [0.15, 0.2) is 18.2 Å². The van der Waals surface area contributed by atoms with Gasteiger partial charge in [0.2, 0.25) is 5.91 Å². The highest BCUT2D eigenvalue weighted by atomic mass is 19.1. The summed E-state index contributed by atoms with van der Waals surface area (Å²) in [7, 11) is 1.33. The molecule has 1 aliphatic carbocycles. The van der Waals surface area contributed by atoms with Crippen molar-refractivity contribution in [2.75, 3.05) is 20.3 Å². The molecule has 0 radical (unpaired) electrons. The van der Waals surface area contributed by atoms with Crippen molar-refractivity contribution in [3.8, 4) is 5.75 Å². The fourth-order valence-corrected chi connectivity index (χ4v) is 3.58. The number of hydrogen-bond donors (Lipinski definition) is 2. The van der Waals surface area contributed by atoms with Gasteiger partial charge in [-0.15, -0.1) is 0 Å². The first kappa shape index (κ1) is 17.7. The lowest BCUT2D eigenvalue weighted by Gasteiger charge is -2.22. The molecule has 1 saturated heterocycles. The molecule has 3 rings (SSSR count). The predicted molar refractivity (Wildman–Crippen MR) is 86.6 cm³/mol. The summed E-state index contributed by atoms with van der Waals surface area (Å²) < 4.78 is 24.0. The maximum atomic E-state index is 13.8. The van der Waals surface area contributed by atoms with Gasteiger partial charge < -0.3 is 19.9 Å². The van der Waals surface area contributed by atoms with E-state index in [0.717, 1.165) is 38.5 Å². The molecular weight excluding hydrogens is 329 g/mol. The Morgan fingerprint density at radius 3 is 2.68 bits per heavy atom. The smallest absolute Gasteiger partial charge is 0.330 e. The van der Waals surface area contributed by atoms with Gasteiger partial charge in [-0.3, -0.25) is 4.79 Å². The molecule has 1 saturated carbocycles. The molecule has 3 atom stereocenters. The fraction of sp³-hybridized carbons (Fsp3) is 0.556. The Morgan fingerprint density at radius 2 is 2.08 bits per heavy atom. The second kappa shape index (κ2) is 7.39. The zero-order valence-electron chi connectivity index (χ0n) is 14.0. The topological polar surface area (TPSA) is 84.9 Å². The van der Waals surface area contributed by atoms with E-state index in [-0.39, 0.29) is 23.1 Å². The number of nitrogens with one attached hydrogen (secondary N) is 1. The summed E-state index contributed by atoms with van der Waals surface area (Å²) in [5, 5.41) is 12.0. The van der Waals surface area contributed by atoms with Gasteiger partial charge in [0, 0.05) is 19.1 Å². The molecule has 1 aromatic rings. The molecule has 1 unspecified atom stereocenters. The molecule has 1 aliphatic heterocycles. The minimum absolute atomic E-state index is 0.0287. The Labute approximate surface area is 145 Å². The Kier molecular flexibility index (Phi) is 5.22. The molecule has 0 bridgehead atoms. The molecule has 1 amide bonds. The van der Waals surface area contributed by atoms with Gasteiger partial charge in [0.05, 0.1) is 7.11 Å². The first-order valence-electron chi connectivity index (χ1n) is 8.45. The number of halogens is 1. The third-order valence-electron chi connectivity index (χ3n) is 5.09. The second-order valence-corrected chi connectivity index (χ2v) is 6.63. The Hall–Kier alpha value is -2.15. The van der Waals surface area contributed by atoms with Crippen LogP contribution in [0.1, 0.15) is 30.9 Å². The minimum atomic E-state index is -1.27. The first-order chi connectivity index (χ1) is 12.0. The van der Waals surface area contributed by atoms with Gasteiger partial charge in [0.1, 0.15) is 0 Å². The highest BCUT2D eigenvalue weighted by Crippen LogP contribution is 2.48. The molecule has 2 N–H and O–H groups in total. The monoisotopic (exact) mass is 351 g/mol. The summed E-state index contributed by atoms with van der Waals surface area (Å²) in [5.41, 5.74) is 0.183. The molecule has 2 fully saturated rings. The van der Waals surface area contributed by atoms with Gasteiger partial charge in [-0.1, -0.05) is 6.07 Å². The number of carbonyl (C=O) groups excluding carboxylic acids is 1. The van der Waals surface area contributed by atoms with E-state index < -0.39 is 17.8 Å². The number of aliphatic carboxylic acids is 1. The van der Waals surface area contributed by atoms with E-state index in [4.69, 9.17) is 9.47 Å². The number of carboxylic acid groups (broad SMARTS) is 1. The molecule has 2 aliphatic rings. The Balaban J connectivity index is 1.65. The molecule has 7 heteroatoms. The zero-order valence-corrected chi connectivity index (χ0v) is 14.0. The van der Waals surface area contributed by atoms with Crippen molar-refractivity contribution in [1.82, 2.24) is 5.32 Å². The molecule has 136 valence electrons. The number of ether oxygens (including phenoxy) is 2. The summed E-state index contributed by atoms with van der Waals surface area (Å²) in [5.74, 6) is -1.53.